The lowest BCUT2D eigenvalue weighted by Gasteiger charge is -2.07. The van der Waals surface area contributed by atoms with E-state index in [-0.39, 0.29) is 5.75 Å². The normalized spacial score (nSPS) is 9.92. The second-order valence-corrected chi connectivity index (χ2v) is 3.00. The van der Waals surface area contributed by atoms with Crippen LogP contribution in [0.5, 0.6) is 11.5 Å². The molecule has 0 aliphatic rings. The van der Waals surface area contributed by atoms with Crippen molar-refractivity contribution in [3.8, 4) is 11.5 Å². The monoisotopic (exact) mass is 234 g/mol. The third kappa shape index (κ3) is 1.69. The van der Waals surface area contributed by atoms with E-state index in [2.05, 4.69) is 15.9 Å². The molecular formula is C8H8BrFO2. The first-order valence-corrected chi connectivity index (χ1v) is 4.26. The summed E-state index contributed by atoms with van der Waals surface area (Å²) >= 11 is 3.11. The Morgan fingerprint density at radius 1 is 1.58 bits per heavy atom. The van der Waals surface area contributed by atoms with Crippen LogP contribution in [0.2, 0.25) is 0 Å². The van der Waals surface area contributed by atoms with Crippen LogP contribution in [0.15, 0.2) is 16.6 Å². The van der Waals surface area contributed by atoms with Gasteiger partial charge in [-0.3, -0.25) is 0 Å². The van der Waals surface area contributed by atoms with Crippen LogP contribution in [-0.4, -0.2) is 11.7 Å². The summed E-state index contributed by atoms with van der Waals surface area (Å²) in [7, 11) is 0. The van der Waals surface area contributed by atoms with Gasteiger partial charge in [-0.1, -0.05) is 0 Å². The van der Waals surface area contributed by atoms with Crippen molar-refractivity contribution in [1.82, 2.24) is 0 Å². The van der Waals surface area contributed by atoms with E-state index in [4.69, 9.17) is 9.84 Å². The zero-order valence-electron chi connectivity index (χ0n) is 6.47. The van der Waals surface area contributed by atoms with Gasteiger partial charge in [0.2, 0.25) is 5.82 Å². The van der Waals surface area contributed by atoms with Gasteiger partial charge in [-0.2, -0.15) is 4.39 Å². The molecule has 0 atom stereocenters. The molecule has 0 unspecified atom stereocenters. The Kier molecular flexibility index (Phi) is 2.92. The molecule has 4 heteroatoms. The molecule has 0 bridgehead atoms. The molecule has 0 heterocycles. The lowest BCUT2D eigenvalue weighted by atomic mass is 10.3. The highest BCUT2D eigenvalue weighted by Gasteiger charge is 2.11. The number of phenols is 1. The maximum absolute atomic E-state index is 13.0. The predicted octanol–water partition coefficient (Wildman–Crippen LogP) is 2.69. The molecular weight excluding hydrogens is 227 g/mol. The fourth-order valence-corrected chi connectivity index (χ4v) is 1.22. The Balaban J connectivity index is 3.14. The Morgan fingerprint density at radius 3 is 2.83 bits per heavy atom. The summed E-state index contributed by atoms with van der Waals surface area (Å²) in [5.41, 5.74) is 0. The van der Waals surface area contributed by atoms with Crippen LogP contribution in [0, 0.1) is 5.82 Å². The molecule has 0 spiro atoms. The van der Waals surface area contributed by atoms with Gasteiger partial charge in [-0.15, -0.1) is 0 Å². The standard InChI is InChI=1S/C8H8BrFO2/c1-2-12-8-5(9)3-4-6(11)7(8)10/h3-4,11H,2H2,1H3. The van der Waals surface area contributed by atoms with Gasteiger partial charge in [0.15, 0.2) is 11.5 Å². The van der Waals surface area contributed by atoms with E-state index in [0.29, 0.717) is 11.1 Å². The first-order chi connectivity index (χ1) is 5.66. The lowest BCUT2D eigenvalue weighted by molar-refractivity contribution is 0.310. The third-order valence-electron chi connectivity index (χ3n) is 1.32. The number of hydrogen-bond acceptors (Lipinski definition) is 2. The quantitative estimate of drug-likeness (QED) is 0.853. The van der Waals surface area contributed by atoms with Crippen LogP contribution in [0.25, 0.3) is 0 Å². The molecule has 12 heavy (non-hydrogen) atoms. The van der Waals surface area contributed by atoms with Gasteiger partial charge in [-0.25, -0.2) is 0 Å². The number of benzene rings is 1. The van der Waals surface area contributed by atoms with Crippen LogP contribution in [0.3, 0.4) is 0 Å². The maximum Gasteiger partial charge on any atom is 0.207 e. The van der Waals surface area contributed by atoms with Gasteiger partial charge >= 0.3 is 0 Å². The first-order valence-electron chi connectivity index (χ1n) is 3.46. The highest BCUT2D eigenvalue weighted by molar-refractivity contribution is 9.10. The van der Waals surface area contributed by atoms with E-state index in [1.165, 1.54) is 12.1 Å². The minimum atomic E-state index is -0.730. The summed E-state index contributed by atoms with van der Waals surface area (Å²) in [5, 5.41) is 8.98. The smallest absolute Gasteiger partial charge is 0.207 e. The highest BCUT2D eigenvalue weighted by Crippen LogP contribution is 2.33. The van der Waals surface area contributed by atoms with Crippen molar-refractivity contribution in [2.24, 2.45) is 0 Å². The second-order valence-electron chi connectivity index (χ2n) is 2.14. The SMILES string of the molecule is CCOc1c(Br)ccc(O)c1F. The van der Waals surface area contributed by atoms with Crippen LogP contribution in [0.1, 0.15) is 6.92 Å². The van der Waals surface area contributed by atoms with Gasteiger partial charge in [0.05, 0.1) is 11.1 Å². The van der Waals surface area contributed by atoms with Crippen molar-refractivity contribution < 1.29 is 14.2 Å². The summed E-state index contributed by atoms with van der Waals surface area (Å²) in [4.78, 5) is 0. The van der Waals surface area contributed by atoms with Crippen molar-refractivity contribution >= 4 is 15.9 Å². The zero-order valence-corrected chi connectivity index (χ0v) is 8.06. The van der Waals surface area contributed by atoms with E-state index < -0.39 is 11.6 Å². The van der Waals surface area contributed by atoms with E-state index >= 15 is 0 Å². The molecule has 0 radical (unpaired) electrons. The van der Waals surface area contributed by atoms with Crippen molar-refractivity contribution in [1.29, 1.82) is 0 Å². The summed E-state index contributed by atoms with van der Waals surface area (Å²) in [5.74, 6) is -1.08. The van der Waals surface area contributed by atoms with Crippen LogP contribution in [0.4, 0.5) is 4.39 Å². The van der Waals surface area contributed by atoms with Crippen molar-refractivity contribution in [2.75, 3.05) is 6.61 Å². The average molecular weight is 235 g/mol. The van der Waals surface area contributed by atoms with Gasteiger partial charge in [-0.05, 0) is 35.0 Å². The van der Waals surface area contributed by atoms with Crippen molar-refractivity contribution in [3.05, 3.63) is 22.4 Å². The molecule has 1 aromatic carbocycles. The number of rotatable bonds is 2. The largest absolute Gasteiger partial charge is 0.505 e. The van der Waals surface area contributed by atoms with E-state index in [1.54, 1.807) is 6.92 Å². The van der Waals surface area contributed by atoms with Crippen LogP contribution < -0.4 is 4.74 Å². The predicted molar refractivity (Wildman–Crippen MR) is 46.9 cm³/mol. The summed E-state index contributed by atoms with van der Waals surface area (Å²) in [6.07, 6.45) is 0. The minimum Gasteiger partial charge on any atom is -0.505 e. The molecule has 1 aromatic rings. The molecule has 1 rings (SSSR count). The Labute approximate surface area is 78.1 Å². The molecule has 0 amide bonds. The number of halogens is 2. The van der Waals surface area contributed by atoms with Gasteiger partial charge in [0.1, 0.15) is 0 Å². The van der Waals surface area contributed by atoms with Gasteiger partial charge in [0.25, 0.3) is 0 Å². The molecule has 66 valence electrons. The number of ether oxygens (including phenoxy) is 1. The lowest BCUT2D eigenvalue weighted by Crippen LogP contribution is -1.95. The molecule has 0 aliphatic heterocycles. The van der Waals surface area contributed by atoms with E-state index in [0.717, 1.165) is 0 Å². The average Bonchev–Trinajstić information content (AvgIpc) is 2.06. The minimum absolute atomic E-state index is 0.0532. The second kappa shape index (κ2) is 3.76. The van der Waals surface area contributed by atoms with E-state index in [9.17, 15) is 4.39 Å². The van der Waals surface area contributed by atoms with Crippen LogP contribution in [-0.2, 0) is 0 Å². The fraction of sp³-hybridized carbons (Fsp3) is 0.250. The fourth-order valence-electron chi connectivity index (χ4n) is 0.799. The molecule has 0 saturated heterocycles. The third-order valence-corrected chi connectivity index (χ3v) is 1.94. The molecule has 0 aliphatic carbocycles. The summed E-state index contributed by atoms with van der Waals surface area (Å²) in [6.45, 7) is 2.11. The van der Waals surface area contributed by atoms with Crippen LogP contribution >= 0.6 is 15.9 Å². The Hall–Kier alpha value is -0.770. The molecule has 1 N–H and O–H groups in total. The number of phenolic OH excluding ortho intramolecular Hbond substituents is 1. The topological polar surface area (TPSA) is 29.5 Å². The van der Waals surface area contributed by atoms with E-state index in [1.807, 2.05) is 0 Å². The van der Waals surface area contributed by atoms with Crippen molar-refractivity contribution in [2.45, 2.75) is 6.92 Å². The highest BCUT2D eigenvalue weighted by atomic mass is 79.9. The molecule has 0 saturated carbocycles. The molecule has 0 aromatic heterocycles. The van der Waals surface area contributed by atoms with Gasteiger partial charge < -0.3 is 9.84 Å². The summed E-state index contributed by atoms with van der Waals surface area (Å²) < 4.78 is 18.5. The first kappa shape index (κ1) is 9.32. The summed E-state index contributed by atoms with van der Waals surface area (Å²) in [6, 6.07) is 2.80. The Morgan fingerprint density at radius 2 is 2.25 bits per heavy atom. The number of hydrogen-bond donors (Lipinski definition) is 1. The van der Waals surface area contributed by atoms with Crippen molar-refractivity contribution in [3.63, 3.8) is 0 Å². The van der Waals surface area contributed by atoms with Gasteiger partial charge in [0, 0.05) is 0 Å². The Bertz CT molecular complexity index is 289. The molecule has 2 nitrogen and oxygen atoms in total. The number of aromatic hydroxyl groups is 1. The zero-order chi connectivity index (χ0) is 9.14. The maximum atomic E-state index is 13.0. The molecule has 0 fully saturated rings.